The zero-order valence-electron chi connectivity index (χ0n) is 17.3. The molecule has 0 atom stereocenters. The molecule has 3 aromatic carbocycles. The largest absolute Gasteiger partial charge is 0.493 e. The van der Waals surface area contributed by atoms with E-state index in [4.69, 9.17) is 9.47 Å². The van der Waals surface area contributed by atoms with Crippen LogP contribution >= 0.6 is 0 Å². The van der Waals surface area contributed by atoms with Crippen LogP contribution in [0.5, 0.6) is 11.5 Å². The molecule has 3 rings (SSSR count). The SMILES string of the molecule is COc1cc(/C=N/NC(=O)Nc2ccccc2)ccc1OCc1cc(C)ccc1C. The van der Waals surface area contributed by atoms with Crippen LogP contribution in [0.25, 0.3) is 0 Å². The Kier molecular flexibility index (Phi) is 7.05. The Balaban J connectivity index is 1.60. The summed E-state index contributed by atoms with van der Waals surface area (Å²) in [5.41, 5.74) is 7.41. The van der Waals surface area contributed by atoms with E-state index >= 15 is 0 Å². The van der Waals surface area contributed by atoms with Crippen molar-refractivity contribution in [1.82, 2.24) is 5.43 Å². The van der Waals surface area contributed by atoms with Crippen LogP contribution in [0.1, 0.15) is 22.3 Å². The molecular formula is C24H25N3O3. The van der Waals surface area contributed by atoms with E-state index < -0.39 is 6.03 Å². The molecule has 0 aliphatic carbocycles. The summed E-state index contributed by atoms with van der Waals surface area (Å²) < 4.78 is 11.4. The predicted molar refractivity (Wildman–Crippen MR) is 119 cm³/mol. The molecule has 0 unspecified atom stereocenters. The second kappa shape index (κ2) is 10.1. The number of hydrogen-bond donors (Lipinski definition) is 2. The number of para-hydroxylation sites is 1. The molecule has 0 aliphatic rings. The number of carbonyl (C=O) groups excluding carboxylic acids is 1. The zero-order chi connectivity index (χ0) is 21.3. The Morgan fingerprint density at radius 3 is 2.57 bits per heavy atom. The van der Waals surface area contributed by atoms with Crippen molar-refractivity contribution in [2.45, 2.75) is 20.5 Å². The molecule has 3 aromatic rings. The van der Waals surface area contributed by atoms with Crippen molar-refractivity contribution >= 4 is 17.9 Å². The van der Waals surface area contributed by atoms with Gasteiger partial charge in [0.05, 0.1) is 13.3 Å². The summed E-state index contributed by atoms with van der Waals surface area (Å²) in [4.78, 5) is 11.9. The van der Waals surface area contributed by atoms with E-state index in [1.807, 2.05) is 30.3 Å². The summed E-state index contributed by atoms with van der Waals surface area (Å²) in [5, 5.41) is 6.67. The fraction of sp³-hybridized carbons (Fsp3) is 0.167. The van der Waals surface area contributed by atoms with E-state index in [1.54, 1.807) is 31.5 Å². The molecular weight excluding hydrogens is 378 g/mol. The molecule has 0 saturated heterocycles. The third kappa shape index (κ3) is 5.85. The summed E-state index contributed by atoms with van der Waals surface area (Å²) in [6, 6.07) is 20.5. The number of ether oxygens (including phenoxy) is 2. The number of hydrogen-bond acceptors (Lipinski definition) is 4. The number of urea groups is 1. The fourth-order valence-electron chi connectivity index (χ4n) is 2.84. The molecule has 154 valence electrons. The molecule has 0 aliphatic heterocycles. The molecule has 6 heteroatoms. The molecule has 0 saturated carbocycles. The highest BCUT2D eigenvalue weighted by Crippen LogP contribution is 2.28. The minimum absolute atomic E-state index is 0.419. The van der Waals surface area contributed by atoms with Crippen molar-refractivity contribution in [1.29, 1.82) is 0 Å². The molecule has 2 amide bonds. The number of benzene rings is 3. The first-order valence-electron chi connectivity index (χ1n) is 9.57. The normalized spacial score (nSPS) is 10.6. The van der Waals surface area contributed by atoms with Gasteiger partial charge in [-0.25, -0.2) is 10.2 Å². The van der Waals surface area contributed by atoms with Gasteiger partial charge in [0.1, 0.15) is 6.61 Å². The van der Waals surface area contributed by atoms with Gasteiger partial charge in [0.2, 0.25) is 0 Å². The number of nitrogens with zero attached hydrogens (tertiary/aromatic N) is 1. The van der Waals surface area contributed by atoms with E-state index in [0.29, 0.717) is 23.8 Å². The van der Waals surface area contributed by atoms with Crippen molar-refractivity contribution < 1.29 is 14.3 Å². The standard InChI is InChI=1S/C24H25N3O3/c1-17-9-10-18(2)20(13-17)16-30-22-12-11-19(14-23(22)29-3)15-25-27-24(28)26-21-7-5-4-6-8-21/h4-15H,16H2,1-3H3,(H2,26,27,28)/b25-15+. The average molecular weight is 403 g/mol. The quantitative estimate of drug-likeness (QED) is 0.428. The molecule has 30 heavy (non-hydrogen) atoms. The maximum atomic E-state index is 11.9. The van der Waals surface area contributed by atoms with Gasteiger partial charge >= 0.3 is 6.03 Å². The molecule has 0 spiro atoms. The van der Waals surface area contributed by atoms with Gasteiger partial charge in [0.15, 0.2) is 11.5 Å². The molecule has 2 N–H and O–H groups in total. The van der Waals surface area contributed by atoms with Crippen LogP contribution in [-0.2, 0) is 6.61 Å². The van der Waals surface area contributed by atoms with Gasteiger partial charge in [0.25, 0.3) is 0 Å². The number of aryl methyl sites for hydroxylation is 2. The van der Waals surface area contributed by atoms with E-state index in [2.05, 4.69) is 47.9 Å². The lowest BCUT2D eigenvalue weighted by Crippen LogP contribution is -2.24. The van der Waals surface area contributed by atoms with Crippen molar-refractivity contribution in [2.24, 2.45) is 5.10 Å². The number of nitrogens with one attached hydrogen (secondary N) is 2. The second-order valence-corrected chi connectivity index (χ2v) is 6.82. The second-order valence-electron chi connectivity index (χ2n) is 6.82. The number of methoxy groups -OCH3 is 1. The van der Waals surface area contributed by atoms with E-state index in [1.165, 1.54) is 11.1 Å². The maximum absolute atomic E-state index is 11.9. The monoisotopic (exact) mass is 403 g/mol. The molecule has 0 aromatic heterocycles. The Labute approximate surface area is 176 Å². The van der Waals surface area contributed by atoms with Gasteiger partial charge < -0.3 is 14.8 Å². The third-order valence-electron chi connectivity index (χ3n) is 4.49. The number of anilines is 1. The minimum Gasteiger partial charge on any atom is -0.493 e. The lowest BCUT2D eigenvalue weighted by molar-refractivity contribution is 0.252. The highest BCUT2D eigenvalue weighted by molar-refractivity contribution is 5.90. The van der Waals surface area contributed by atoms with Gasteiger partial charge in [0, 0.05) is 5.69 Å². The average Bonchev–Trinajstić information content (AvgIpc) is 2.75. The molecule has 6 nitrogen and oxygen atoms in total. The number of carbonyl (C=O) groups is 1. The van der Waals surface area contributed by atoms with Crippen molar-refractivity contribution in [3.63, 3.8) is 0 Å². The van der Waals surface area contributed by atoms with Crippen LogP contribution in [-0.4, -0.2) is 19.4 Å². The van der Waals surface area contributed by atoms with Gasteiger partial charge in [-0.1, -0.05) is 42.0 Å². The summed E-state index contributed by atoms with van der Waals surface area (Å²) in [7, 11) is 1.59. The van der Waals surface area contributed by atoms with Gasteiger partial charge in [-0.3, -0.25) is 0 Å². The van der Waals surface area contributed by atoms with E-state index in [0.717, 1.165) is 11.1 Å². The van der Waals surface area contributed by atoms with Crippen molar-refractivity contribution in [2.75, 3.05) is 12.4 Å². The van der Waals surface area contributed by atoms with Crippen molar-refractivity contribution in [3.8, 4) is 11.5 Å². The summed E-state index contributed by atoms with van der Waals surface area (Å²) >= 11 is 0. The van der Waals surface area contributed by atoms with Crippen LogP contribution < -0.4 is 20.2 Å². The minimum atomic E-state index is -0.419. The van der Waals surface area contributed by atoms with Crippen LogP contribution in [0.15, 0.2) is 71.8 Å². The lowest BCUT2D eigenvalue weighted by Gasteiger charge is -2.13. The summed E-state index contributed by atoms with van der Waals surface area (Å²) in [6.07, 6.45) is 1.54. The first-order chi connectivity index (χ1) is 14.5. The Hall–Kier alpha value is -3.80. The van der Waals surface area contributed by atoms with E-state index in [9.17, 15) is 4.79 Å². The molecule has 0 radical (unpaired) electrons. The molecule has 0 heterocycles. The Morgan fingerprint density at radius 1 is 1.00 bits per heavy atom. The topological polar surface area (TPSA) is 72.0 Å². The van der Waals surface area contributed by atoms with Crippen LogP contribution in [0.4, 0.5) is 10.5 Å². The van der Waals surface area contributed by atoms with Gasteiger partial charge in [-0.15, -0.1) is 0 Å². The van der Waals surface area contributed by atoms with Gasteiger partial charge in [-0.05, 0) is 60.9 Å². The van der Waals surface area contributed by atoms with Gasteiger partial charge in [-0.2, -0.15) is 5.10 Å². The van der Waals surface area contributed by atoms with E-state index in [-0.39, 0.29) is 0 Å². The molecule has 0 fully saturated rings. The highest BCUT2D eigenvalue weighted by Gasteiger charge is 2.07. The maximum Gasteiger partial charge on any atom is 0.339 e. The first-order valence-corrected chi connectivity index (χ1v) is 9.57. The number of hydrazone groups is 1. The zero-order valence-corrected chi connectivity index (χ0v) is 17.3. The summed E-state index contributed by atoms with van der Waals surface area (Å²) in [6.45, 7) is 4.58. The first kappa shape index (κ1) is 20.9. The molecule has 0 bridgehead atoms. The highest BCUT2D eigenvalue weighted by atomic mass is 16.5. The number of amides is 2. The van der Waals surface area contributed by atoms with Crippen molar-refractivity contribution in [3.05, 3.63) is 89.0 Å². The summed E-state index contributed by atoms with van der Waals surface area (Å²) in [5.74, 6) is 1.24. The Morgan fingerprint density at radius 2 is 1.80 bits per heavy atom. The van der Waals surface area contributed by atoms with Crippen LogP contribution in [0.2, 0.25) is 0 Å². The predicted octanol–water partition coefficient (Wildman–Crippen LogP) is 5.05. The van der Waals surface area contributed by atoms with Crippen LogP contribution in [0.3, 0.4) is 0 Å². The van der Waals surface area contributed by atoms with Crippen LogP contribution in [0, 0.1) is 13.8 Å². The third-order valence-corrected chi connectivity index (χ3v) is 4.49. The fourth-order valence-corrected chi connectivity index (χ4v) is 2.84. The lowest BCUT2D eigenvalue weighted by atomic mass is 10.1. The number of rotatable bonds is 7. The Bertz CT molecular complexity index is 1030. The smallest absolute Gasteiger partial charge is 0.339 e.